The highest BCUT2D eigenvalue weighted by atomic mass is 35.5. The van der Waals surface area contributed by atoms with Crippen molar-refractivity contribution >= 4 is 5.91 Å². The van der Waals surface area contributed by atoms with Gasteiger partial charge in [-0.2, -0.15) is 4.57 Å². The molecule has 0 spiro atoms. The van der Waals surface area contributed by atoms with E-state index < -0.39 is 5.91 Å². The van der Waals surface area contributed by atoms with Crippen molar-refractivity contribution in [1.29, 1.82) is 0 Å². The first kappa shape index (κ1) is 18.9. The number of ether oxygens (including phenoxy) is 1. The fraction of sp³-hybridized carbons (Fsp3) is 0.600. The maximum absolute atomic E-state index is 11.2. The maximum atomic E-state index is 11.2. The van der Waals surface area contributed by atoms with Crippen LogP contribution < -0.4 is 22.7 Å². The zero-order valence-corrected chi connectivity index (χ0v) is 12.9. The maximum Gasteiger partial charge on any atom is 0.313 e. The normalized spacial score (nSPS) is 10.1. The van der Waals surface area contributed by atoms with E-state index in [2.05, 4.69) is 6.92 Å². The van der Waals surface area contributed by atoms with Crippen molar-refractivity contribution in [2.75, 3.05) is 6.61 Å². The van der Waals surface area contributed by atoms with Crippen LogP contribution in [0, 0.1) is 0 Å². The van der Waals surface area contributed by atoms with Gasteiger partial charge in [0.05, 0.1) is 6.61 Å². The van der Waals surface area contributed by atoms with E-state index >= 15 is 0 Å². The summed E-state index contributed by atoms with van der Waals surface area (Å²) in [5.74, 6) is -0.427. The number of pyridine rings is 1. The molecule has 0 radical (unpaired) electrons. The van der Waals surface area contributed by atoms with Crippen LogP contribution >= 0.6 is 0 Å². The van der Waals surface area contributed by atoms with Gasteiger partial charge < -0.3 is 22.9 Å². The monoisotopic (exact) mass is 300 g/mol. The third-order valence-corrected chi connectivity index (χ3v) is 3.07. The molecular formula is C15H25ClN2O2. The van der Waals surface area contributed by atoms with Crippen molar-refractivity contribution in [1.82, 2.24) is 0 Å². The molecular weight excluding hydrogens is 276 g/mol. The lowest BCUT2D eigenvalue weighted by Crippen LogP contribution is -3.00. The van der Waals surface area contributed by atoms with Crippen LogP contribution in [0.3, 0.4) is 0 Å². The van der Waals surface area contributed by atoms with Gasteiger partial charge in [-0.3, -0.25) is 4.79 Å². The van der Waals surface area contributed by atoms with Gasteiger partial charge in [0.15, 0.2) is 6.20 Å². The summed E-state index contributed by atoms with van der Waals surface area (Å²) >= 11 is 0. The number of carbonyl (C=O) groups is 1. The molecule has 0 aliphatic carbocycles. The van der Waals surface area contributed by atoms with Crippen LogP contribution in [0.25, 0.3) is 0 Å². The topological polar surface area (TPSA) is 56.2 Å². The Bertz CT molecular complexity index is 386. The summed E-state index contributed by atoms with van der Waals surface area (Å²) in [7, 11) is 0. The number of unbranched alkanes of at least 4 members (excludes halogenated alkanes) is 5. The van der Waals surface area contributed by atoms with Gasteiger partial charge in [0.2, 0.25) is 0 Å². The predicted octanol–water partition coefficient (Wildman–Crippen LogP) is -0.588. The average molecular weight is 301 g/mol. The summed E-state index contributed by atoms with van der Waals surface area (Å²) in [4.78, 5) is 11.2. The Morgan fingerprint density at radius 1 is 1.20 bits per heavy atom. The molecule has 1 heterocycles. The Morgan fingerprint density at radius 2 is 1.90 bits per heavy atom. The minimum Gasteiger partial charge on any atom is -1.00 e. The second-order valence-electron chi connectivity index (χ2n) is 4.73. The van der Waals surface area contributed by atoms with Crippen LogP contribution in [-0.2, 0) is 11.5 Å². The number of rotatable bonds is 10. The third-order valence-electron chi connectivity index (χ3n) is 3.07. The molecule has 20 heavy (non-hydrogen) atoms. The lowest BCUT2D eigenvalue weighted by atomic mass is 10.1. The summed E-state index contributed by atoms with van der Waals surface area (Å²) in [6.45, 7) is 3.33. The van der Waals surface area contributed by atoms with Gasteiger partial charge in [-0.15, -0.1) is 0 Å². The quantitative estimate of drug-likeness (QED) is 0.464. The van der Waals surface area contributed by atoms with Gasteiger partial charge in [-0.05, 0) is 12.5 Å². The Labute approximate surface area is 127 Å². The first-order valence-corrected chi connectivity index (χ1v) is 7.11. The Hall–Kier alpha value is -1.13. The minimum atomic E-state index is -0.427. The molecule has 0 saturated carbocycles. The fourth-order valence-electron chi connectivity index (χ4n) is 1.96. The first-order chi connectivity index (χ1) is 9.25. The Kier molecular flexibility index (Phi) is 11.0. The van der Waals surface area contributed by atoms with E-state index in [0.717, 1.165) is 13.0 Å². The van der Waals surface area contributed by atoms with Gasteiger partial charge in [0, 0.05) is 12.1 Å². The van der Waals surface area contributed by atoms with Gasteiger partial charge >= 0.3 is 5.91 Å². The van der Waals surface area contributed by atoms with Gasteiger partial charge in [0.1, 0.15) is 0 Å². The standard InChI is InChI=1S/C15H24N2O2.ClH/c1-2-3-4-5-6-9-12-19-13-17-11-8-7-10-14(17)15(16)18;/h7-8,10-11H,2-6,9,12-13H2,1H3,(H-,16,18);1H. The summed E-state index contributed by atoms with van der Waals surface area (Å²) < 4.78 is 7.31. The first-order valence-electron chi connectivity index (χ1n) is 7.11. The number of hydrogen-bond donors (Lipinski definition) is 1. The van der Waals surface area contributed by atoms with Crippen molar-refractivity contribution in [2.24, 2.45) is 5.73 Å². The smallest absolute Gasteiger partial charge is 0.313 e. The molecule has 0 aromatic carbocycles. The molecule has 4 nitrogen and oxygen atoms in total. The number of carbonyl (C=O) groups excluding carboxylic acids is 1. The van der Waals surface area contributed by atoms with Crippen LogP contribution in [0.4, 0.5) is 0 Å². The minimum absolute atomic E-state index is 0. The lowest BCUT2D eigenvalue weighted by Gasteiger charge is -2.03. The summed E-state index contributed by atoms with van der Waals surface area (Å²) in [6.07, 6.45) is 9.28. The zero-order valence-electron chi connectivity index (χ0n) is 12.2. The highest BCUT2D eigenvalue weighted by Crippen LogP contribution is 2.04. The average Bonchev–Trinajstić information content (AvgIpc) is 2.42. The summed E-state index contributed by atoms with van der Waals surface area (Å²) in [5.41, 5.74) is 5.77. The largest absolute Gasteiger partial charge is 1.00 e. The van der Waals surface area contributed by atoms with E-state index in [4.69, 9.17) is 10.5 Å². The molecule has 0 unspecified atom stereocenters. The van der Waals surface area contributed by atoms with Crippen molar-refractivity contribution in [3.63, 3.8) is 0 Å². The molecule has 0 bridgehead atoms. The van der Waals surface area contributed by atoms with Crippen molar-refractivity contribution in [3.05, 3.63) is 30.1 Å². The Morgan fingerprint density at radius 3 is 2.60 bits per heavy atom. The van der Waals surface area contributed by atoms with Crippen molar-refractivity contribution in [3.8, 4) is 0 Å². The molecule has 0 saturated heterocycles. The van der Waals surface area contributed by atoms with Crippen molar-refractivity contribution < 1.29 is 26.5 Å². The number of amides is 1. The molecule has 5 heteroatoms. The number of nitrogens with zero attached hydrogens (tertiary/aromatic N) is 1. The molecule has 0 aliphatic heterocycles. The molecule has 1 amide bonds. The van der Waals surface area contributed by atoms with E-state index in [9.17, 15) is 4.79 Å². The van der Waals surface area contributed by atoms with E-state index in [1.807, 2.05) is 6.07 Å². The van der Waals surface area contributed by atoms with E-state index in [0.29, 0.717) is 12.4 Å². The molecule has 0 fully saturated rings. The highest BCUT2D eigenvalue weighted by molar-refractivity contribution is 5.89. The molecule has 1 rings (SSSR count). The molecule has 0 aliphatic rings. The molecule has 1 aromatic rings. The molecule has 0 atom stereocenters. The van der Waals surface area contributed by atoms with E-state index in [-0.39, 0.29) is 12.4 Å². The third kappa shape index (κ3) is 7.46. The number of halogens is 1. The second kappa shape index (κ2) is 11.7. The van der Waals surface area contributed by atoms with Gasteiger partial charge in [-0.25, -0.2) is 0 Å². The number of hydrogen-bond acceptors (Lipinski definition) is 2. The van der Waals surface area contributed by atoms with Crippen LogP contribution in [0.15, 0.2) is 24.4 Å². The predicted molar refractivity (Wildman–Crippen MR) is 74.5 cm³/mol. The van der Waals surface area contributed by atoms with Crippen LogP contribution in [0.2, 0.25) is 0 Å². The van der Waals surface area contributed by atoms with Crippen LogP contribution in [0.1, 0.15) is 55.9 Å². The Balaban J connectivity index is 0.00000361. The highest BCUT2D eigenvalue weighted by Gasteiger charge is 2.14. The lowest BCUT2D eigenvalue weighted by molar-refractivity contribution is -0.734. The zero-order chi connectivity index (χ0) is 13.9. The SMILES string of the molecule is CCCCCCCCOC[n+]1ccccc1C(N)=O.[Cl-]. The number of nitrogens with two attached hydrogens (primary N) is 1. The number of primary amides is 1. The van der Waals surface area contributed by atoms with Gasteiger partial charge in [-0.1, -0.05) is 39.0 Å². The second-order valence-corrected chi connectivity index (χ2v) is 4.73. The summed E-state index contributed by atoms with van der Waals surface area (Å²) in [6, 6.07) is 5.36. The van der Waals surface area contributed by atoms with E-state index in [1.54, 1.807) is 22.9 Å². The van der Waals surface area contributed by atoms with Crippen molar-refractivity contribution in [2.45, 2.75) is 52.2 Å². The van der Waals surface area contributed by atoms with E-state index in [1.165, 1.54) is 32.1 Å². The fourth-order valence-corrected chi connectivity index (χ4v) is 1.96. The molecule has 2 N–H and O–H groups in total. The van der Waals surface area contributed by atoms with Crippen LogP contribution in [-0.4, -0.2) is 12.5 Å². The van der Waals surface area contributed by atoms with Crippen LogP contribution in [0.5, 0.6) is 0 Å². The number of aromatic nitrogens is 1. The van der Waals surface area contributed by atoms with Gasteiger partial charge in [0.25, 0.3) is 12.4 Å². The molecule has 114 valence electrons. The summed E-state index contributed by atoms with van der Waals surface area (Å²) in [5, 5.41) is 0. The molecule has 1 aromatic heterocycles.